The fourth-order valence-corrected chi connectivity index (χ4v) is 4.94. The number of carbonyl (C=O) groups is 2. The van der Waals surface area contributed by atoms with Crippen LogP contribution in [0, 0.1) is 6.92 Å². The maximum absolute atomic E-state index is 13.4. The van der Waals surface area contributed by atoms with Crippen molar-refractivity contribution < 1.29 is 14.7 Å². The van der Waals surface area contributed by atoms with Gasteiger partial charge in [0.2, 0.25) is 0 Å². The van der Waals surface area contributed by atoms with Crippen LogP contribution >= 0.6 is 11.3 Å². The Balaban J connectivity index is 1.69. The van der Waals surface area contributed by atoms with E-state index in [1.165, 1.54) is 11.3 Å². The minimum Gasteiger partial charge on any atom is -0.391 e. The second kappa shape index (κ2) is 9.15. The van der Waals surface area contributed by atoms with Gasteiger partial charge < -0.3 is 20.6 Å². The van der Waals surface area contributed by atoms with Gasteiger partial charge in [-0.3, -0.25) is 9.59 Å². The van der Waals surface area contributed by atoms with Crippen LogP contribution in [0.1, 0.15) is 72.3 Å². The molecule has 2 amide bonds. The molecule has 2 fully saturated rings. The molecule has 0 spiro atoms. The monoisotopic (exact) mass is 457 g/mol. The summed E-state index contributed by atoms with van der Waals surface area (Å²) in [6, 6.07) is 2.19. The van der Waals surface area contributed by atoms with Crippen LogP contribution in [-0.4, -0.2) is 62.6 Å². The second-order valence-corrected chi connectivity index (χ2v) is 9.91. The van der Waals surface area contributed by atoms with E-state index in [1.807, 2.05) is 24.8 Å². The summed E-state index contributed by atoms with van der Waals surface area (Å²) in [7, 11) is 0. The minimum atomic E-state index is -0.498. The standard InChI is InChI=1S/C23H31N5O3S/c1-5-13(3)25-18-9-12(2)15(11-24-18)20-19(23(31)28-8-6-7-14(28)4)27-22(32-20)21(30)26-16-10-17(16)29/h9,11,13-14,16-17,29H,5-8,10H2,1-4H3,(H,24,25)(H,26,30)/t13-,14+,16+,17-/m1/s1. The first-order chi connectivity index (χ1) is 15.3. The van der Waals surface area contributed by atoms with Gasteiger partial charge >= 0.3 is 0 Å². The molecule has 1 saturated carbocycles. The number of aliphatic hydroxyl groups excluding tert-OH is 1. The van der Waals surface area contributed by atoms with E-state index in [-0.39, 0.29) is 28.9 Å². The number of amides is 2. The van der Waals surface area contributed by atoms with Crippen molar-refractivity contribution in [3.8, 4) is 10.4 Å². The van der Waals surface area contributed by atoms with Crippen LogP contribution in [0.15, 0.2) is 12.3 Å². The van der Waals surface area contributed by atoms with Crippen LogP contribution in [0.3, 0.4) is 0 Å². The molecule has 9 heteroatoms. The van der Waals surface area contributed by atoms with Crippen LogP contribution in [0.4, 0.5) is 5.82 Å². The third-order valence-electron chi connectivity index (χ3n) is 6.27. The smallest absolute Gasteiger partial charge is 0.280 e. The number of aliphatic hydroxyl groups is 1. The van der Waals surface area contributed by atoms with E-state index in [9.17, 15) is 14.7 Å². The summed E-state index contributed by atoms with van der Waals surface area (Å²) >= 11 is 1.21. The van der Waals surface area contributed by atoms with Crippen molar-refractivity contribution in [2.45, 2.75) is 77.6 Å². The first-order valence-electron chi connectivity index (χ1n) is 11.3. The van der Waals surface area contributed by atoms with E-state index in [0.717, 1.165) is 36.2 Å². The molecular weight excluding hydrogens is 426 g/mol. The zero-order valence-electron chi connectivity index (χ0n) is 19.0. The van der Waals surface area contributed by atoms with Gasteiger partial charge in [0.1, 0.15) is 11.5 Å². The molecule has 1 aliphatic heterocycles. The molecule has 3 heterocycles. The van der Waals surface area contributed by atoms with Crippen molar-refractivity contribution in [2.24, 2.45) is 0 Å². The average Bonchev–Trinajstić information content (AvgIpc) is 3.14. The van der Waals surface area contributed by atoms with Crippen LogP contribution in [0.5, 0.6) is 0 Å². The van der Waals surface area contributed by atoms with Crippen molar-refractivity contribution in [2.75, 3.05) is 11.9 Å². The maximum Gasteiger partial charge on any atom is 0.280 e. The van der Waals surface area contributed by atoms with Gasteiger partial charge in [-0.1, -0.05) is 6.92 Å². The zero-order valence-corrected chi connectivity index (χ0v) is 19.8. The summed E-state index contributed by atoms with van der Waals surface area (Å²) in [5.74, 6) is 0.284. The molecule has 2 aromatic rings. The molecule has 0 aromatic carbocycles. The van der Waals surface area contributed by atoms with Gasteiger partial charge in [0.15, 0.2) is 5.01 Å². The SMILES string of the molecule is CC[C@@H](C)Nc1cc(C)c(-c2sc(C(=O)N[C@H]3C[C@H]3O)nc2C(=O)N2CCC[C@@H]2C)cn1. The number of rotatable bonds is 7. The van der Waals surface area contributed by atoms with Gasteiger partial charge in [0, 0.05) is 30.4 Å². The Morgan fingerprint density at radius 2 is 2.16 bits per heavy atom. The molecule has 4 rings (SSSR count). The van der Waals surface area contributed by atoms with Gasteiger partial charge in [-0.05, 0) is 58.1 Å². The lowest BCUT2D eigenvalue weighted by Crippen LogP contribution is -2.34. The van der Waals surface area contributed by atoms with E-state index in [4.69, 9.17) is 0 Å². The highest BCUT2D eigenvalue weighted by molar-refractivity contribution is 7.17. The number of thiazole rings is 1. The molecule has 2 aromatic heterocycles. The summed E-state index contributed by atoms with van der Waals surface area (Å²) in [6.07, 6.45) is 4.73. The summed E-state index contributed by atoms with van der Waals surface area (Å²) in [6.45, 7) is 8.93. The highest BCUT2D eigenvalue weighted by atomic mass is 32.1. The number of likely N-dealkylation sites (tertiary alicyclic amines) is 1. The second-order valence-electron chi connectivity index (χ2n) is 8.91. The lowest BCUT2D eigenvalue weighted by Gasteiger charge is -2.21. The average molecular weight is 458 g/mol. The quantitative estimate of drug-likeness (QED) is 0.589. The van der Waals surface area contributed by atoms with Gasteiger partial charge in [0.25, 0.3) is 11.8 Å². The number of aryl methyl sites for hydroxylation is 1. The largest absolute Gasteiger partial charge is 0.391 e. The molecule has 0 unspecified atom stereocenters. The summed E-state index contributed by atoms with van der Waals surface area (Å²) < 4.78 is 0. The summed E-state index contributed by atoms with van der Waals surface area (Å²) in [5, 5.41) is 15.9. The molecule has 0 bridgehead atoms. The number of nitrogens with zero attached hydrogens (tertiary/aromatic N) is 3. The van der Waals surface area contributed by atoms with Crippen molar-refractivity contribution in [3.05, 3.63) is 28.5 Å². The minimum absolute atomic E-state index is 0.145. The molecule has 4 atom stereocenters. The van der Waals surface area contributed by atoms with E-state index in [1.54, 1.807) is 6.20 Å². The first kappa shape index (κ1) is 22.7. The third kappa shape index (κ3) is 4.63. The first-order valence-corrected chi connectivity index (χ1v) is 12.1. The molecular formula is C23H31N5O3S. The van der Waals surface area contributed by atoms with Gasteiger partial charge in [0.05, 0.1) is 17.0 Å². The lowest BCUT2D eigenvalue weighted by molar-refractivity contribution is 0.0743. The van der Waals surface area contributed by atoms with Crippen molar-refractivity contribution >= 4 is 29.0 Å². The number of nitrogens with one attached hydrogen (secondary N) is 2. The third-order valence-corrected chi connectivity index (χ3v) is 7.36. The fourth-order valence-electron chi connectivity index (χ4n) is 3.91. The Bertz CT molecular complexity index is 1020. The van der Waals surface area contributed by atoms with Crippen LogP contribution < -0.4 is 10.6 Å². The Hall–Kier alpha value is -2.52. The Morgan fingerprint density at radius 1 is 1.41 bits per heavy atom. The number of hydrogen-bond donors (Lipinski definition) is 3. The van der Waals surface area contributed by atoms with Crippen molar-refractivity contribution in [3.63, 3.8) is 0 Å². The van der Waals surface area contributed by atoms with E-state index >= 15 is 0 Å². The Kier molecular flexibility index (Phi) is 6.48. The van der Waals surface area contributed by atoms with Gasteiger partial charge in [-0.2, -0.15) is 0 Å². The zero-order chi connectivity index (χ0) is 23.0. The number of hydrogen-bond acceptors (Lipinski definition) is 7. The van der Waals surface area contributed by atoms with Crippen LogP contribution in [0.2, 0.25) is 0 Å². The molecule has 3 N–H and O–H groups in total. The predicted octanol–water partition coefficient (Wildman–Crippen LogP) is 3.21. The number of anilines is 1. The molecule has 2 aliphatic rings. The van der Waals surface area contributed by atoms with E-state index in [0.29, 0.717) is 29.6 Å². The highest BCUT2D eigenvalue weighted by Crippen LogP contribution is 2.35. The van der Waals surface area contributed by atoms with Crippen LogP contribution in [0.25, 0.3) is 10.4 Å². The summed E-state index contributed by atoms with van der Waals surface area (Å²) in [5.41, 5.74) is 2.07. The summed E-state index contributed by atoms with van der Waals surface area (Å²) in [4.78, 5) is 37.7. The molecule has 8 nitrogen and oxygen atoms in total. The topological polar surface area (TPSA) is 107 Å². The molecule has 0 radical (unpaired) electrons. The van der Waals surface area contributed by atoms with Gasteiger partial charge in [-0.25, -0.2) is 9.97 Å². The van der Waals surface area contributed by atoms with Crippen molar-refractivity contribution in [1.82, 2.24) is 20.2 Å². The Labute approximate surface area is 192 Å². The van der Waals surface area contributed by atoms with Gasteiger partial charge in [-0.15, -0.1) is 11.3 Å². The van der Waals surface area contributed by atoms with Crippen molar-refractivity contribution in [1.29, 1.82) is 0 Å². The van der Waals surface area contributed by atoms with Crippen LogP contribution in [-0.2, 0) is 0 Å². The molecule has 1 aliphatic carbocycles. The maximum atomic E-state index is 13.4. The van der Waals surface area contributed by atoms with E-state index < -0.39 is 6.10 Å². The lowest BCUT2D eigenvalue weighted by atomic mass is 10.1. The van der Waals surface area contributed by atoms with E-state index in [2.05, 4.69) is 34.4 Å². The molecule has 32 heavy (non-hydrogen) atoms. The predicted molar refractivity (Wildman–Crippen MR) is 125 cm³/mol. The highest BCUT2D eigenvalue weighted by Gasteiger charge is 2.38. The number of carbonyl (C=O) groups excluding carboxylic acids is 2. The molecule has 1 saturated heterocycles. The fraction of sp³-hybridized carbons (Fsp3) is 0.565. The number of aromatic nitrogens is 2. The Morgan fingerprint density at radius 3 is 2.75 bits per heavy atom. The molecule has 172 valence electrons. The number of pyridine rings is 1. The normalized spacial score (nSPS) is 23.2.